The van der Waals surface area contributed by atoms with Crippen LogP contribution >= 0.6 is 0 Å². The summed E-state index contributed by atoms with van der Waals surface area (Å²) in [5.74, 6) is -0.243. The second kappa shape index (κ2) is 5.85. The average Bonchev–Trinajstić information content (AvgIpc) is 2.82. The molecule has 2 rings (SSSR count). The zero-order valence-electron chi connectivity index (χ0n) is 13.3. The van der Waals surface area contributed by atoms with Gasteiger partial charge in [-0.05, 0) is 24.0 Å². The van der Waals surface area contributed by atoms with Gasteiger partial charge in [0.25, 0.3) is 0 Å². The molecule has 114 valence electrons. The van der Waals surface area contributed by atoms with Crippen LogP contribution < -0.4 is 5.32 Å². The van der Waals surface area contributed by atoms with Gasteiger partial charge in [-0.2, -0.15) is 0 Å². The largest absolute Gasteiger partial charge is 0.468 e. The minimum Gasteiger partial charge on any atom is -0.468 e. The normalized spacial score (nSPS) is 13.4. The fourth-order valence-electron chi connectivity index (χ4n) is 2.40. The summed E-state index contributed by atoms with van der Waals surface area (Å²) in [6.45, 7) is 8.63. The summed E-state index contributed by atoms with van der Waals surface area (Å²) >= 11 is 0. The van der Waals surface area contributed by atoms with Crippen LogP contribution in [0.4, 0.5) is 0 Å². The SMILES string of the molecule is COC(=O)C(NCc1cnc2c(C)cccn12)C(C)(C)C. The van der Waals surface area contributed by atoms with Crippen molar-refractivity contribution in [3.8, 4) is 0 Å². The monoisotopic (exact) mass is 289 g/mol. The molecule has 1 N–H and O–H groups in total. The van der Waals surface area contributed by atoms with Crippen LogP contribution in [0.2, 0.25) is 0 Å². The van der Waals surface area contributed by atoms with Crippen LogP contribution in [-0.4, -0.2) is 28.5 Å². The van der Waals surface area contributed by atoms with Crippen LogP contribution in [0.3, 0.4) is 0 Å². The lowest BCUT2D eigenvalue weighted by Crippen LogP contribution is -2.46. The highest BCUT2D eigenvalue weighted by Gasteiger charge is 2.31. The van der Waals surface area contributed by atoms with E-state index in [-0.39, 0.29) is 17.4 Å². The van der Waals surface area contributed by atoms with Crippen molar-refractivity contribution in [1.29, 1.82) is 0 Å². The zero-order chi connectivity index (χ0) is 15.6. The summed E-state index contributed by atoms with van der Waals surface area (Å²) in [5.41, 5.74) is 2.87. The molecule has 0 spiro atoms. The van der Waals surface area contributed by atoms with Crippen molar-refractivity contribution < 1.29 is 9.53 Å². The molecule has 1 unspecified atom stereocenters. The number of nitrogens with one attached hydrogen (secondary N) is 1. The zero-order valence-corrected chi connectivity index (χ0v) is 13.3. The van der Waals surface area contributed by atoms with Crippen LogP contribution in [-0.2, 0) is 16.1 Å². The molecule has 0 bridgehead atoms. The first-order valence-electron chi connectivity index (χ1n) is 7.07. The highest BCUT2D eigenvalue weighted by atomic mass is 16.5. The number of ether oxygens (including phenoxy) is 1. The summed E-state index contributed by atoms with van der Waals surface area (Å²) in [5, 5.41) is 3.29. The molecule has 0 fully saturated rings. The number of carbonyl (C=O) groups excluding carboxylic acids is 1. The van der Waals surface area contributed by atoms with Gasteiger partial charge in [0.1, 0.15) is 11.7 Å². The number of esters is 1. The maximum absolute atomic E-state index is 11.9. The Labute approximate surface area is 125 Å². The molecule has 0 aliphatic heterocycles. The smallest absolute Gasteiger partial charge is 0.323 e. The van der Waals surface area contributed by atoms with Gasteiger partial charge in [0, 0.05) is 12.7 Å². The molecular formula is C16H23N3O2. The van der Waals surface area contributed by atoms with Gasteiger partial charge >= 0.3 is 5.97 Å². The first-order chi connectivity index (χ1) is 9.84. The van der Waals surface area contributed by atoms with Gasteiger partial charge < -0.3 is 9.14 Å². The summed E-state index contributed by atoms with van der Waals surface area (Å²) < 4.78 is 6.93. The fraction of sp³-hybridized carbons (Fsp3) is 0.500. The van der Waals surface area contributed by atoms with Gasteiger partial charge in [-0.3, -0.25) is 10.1 Å². The number of rotatable bonds is 4. The van der Waals surface area contributed by atoms with E-state index in [9.17, 15) is 4.79 Å². The second-order valence-electron chi connectivity index (χ2n) is 6.34. The number of imidazole rings is 1. The van der Waals surface area contributed by atoms with Crippen molar-refractivity contribution in [2.45, 2.75) is 40.3 Å². The molecule has 5 nitrogen and oxygen atoms in total. The summed E-state index contributed by atoms with van der Waals surface area (Å²) in [6.07, 6.45) is 3.82. The summed E-state index contributed by atoms with van der Waals surface area (Å²) in [6, 6.07) is 3.67. The van der Waals surface area contributed by atoms with Crippen molar-refractivity contribution in [3.05, 3.63) is 35.8 Å². The Morgan fingerprint density at radius 3 is 2.81 bits per heavy atom. The van der Waals surface area contributed by atoms with Crippen molar-refractivity contribution >= 4 is 11.6 Å². The quantitative estimate of drug-likeness (QED) is 0.878. The fourth-order valence-corrected chi connectivity index (χ4v) is 2.40. The molecule has 0 saturated carbocycles. The Morgan fingerprint density at radius 2 is 2.19 bits per heavy atom. The Hall–Kier alpha value is -1.88. The van der Waals surface area contributed by atoms with Crippen molar-refractivity contribution in [3.63, 3.8) is 0 Å². The van der Waals surface area contributed by atoms with Gasteiger partial charge in [-0.1, -0.05) is 26.8 Å². The number of fused-ring (bicyclic) bond motifs is 1. The van der Waals surface area contributed by atoms with Gasteiger partial charge in [0.05, 0.1) is 19.0 Å². The lowest BCUT2D eigenvalue weighted by molar-refractivity contribution is -0.146. The lowest BCUT2D eigenvalue weighted by atomic mass is 9.86. The third-order valence-corrected chi connectivity index (χ3v) is 3.60. The van der Waals surface area contributed by atoms with E-state index in [1.54, 1.807) is 0 Å². The Morgan fingerprint density at radius 1 is 1.48 bits per heavy atom. The van der Waals surface area contributed by atoms with Crippen LogP contribution in [0.25, 0.3) is 5.65 Å². The molecule has 0 aliphatic carbocycles. The second-order valence-corrected chi connectivity index (χ2v) is 6.34. The summed E-state index contributed by atoms with van der Waals surface area (Å²) in [4.78, 5) is 16.4. The molecule has 0 radical (unpaired) electrons. The molecular weight excluding hydrogens is 266 g/mol. The number of hydrogen-bond acceptors (Lipinski definition) is 4. The van der Waals surface area contributed by atoms with E-state index in [4.69, 9.17) is 4.74 Å². The minimum absolute atomic E-state index is 0.219. The third kappa shape index (κ3) is 3.24. The standard InChI is InChI=1S/C16H23N3O2/c1-11-7-6-8-19-12(10-18-14(11)19)9-17-13(15(20)21-5)16(2,3)4/h6-8,10,13,17H,9H2,1-5H3. The van der Waals surface area contributed by atoms with Crippen LogP contribution in [0.1, 0.15) is 32.0 Å². The highest BCUT2D eigenvalue weighted by Crippen LogP contribution is 2.21. The molecule has 0 aliphatic rings. The molecule has 21 heavy (non-hydrogen) atoms. The molecule has 2 aromatic heterocycles. The van der Waals surface area contributed by atoms with Crippen LogP contribution in [0.5, 0.6) is 0 Å². The van der Waals surface area contributed by atoms with E-state index in [1.807, 2.05) is 56.6 Å². The number of aryl methyl sites for hydroxylation is 1. The first kappa shape index (κ1) is 15.5. The number of hydrogen-bond donors (Lipinski definition) is 1. The van der Waals surface area contributed by atoms with E-state index in [2.05, 4.69) is 10.3 Å². The lowest BCUT2D eigenvalue weighted by Gasteiger charge is -2.29. The van der Waals surface area contributed by atoms with Gasteiger partial charge in [-0.25, -0.2) is 4.98 Å². The van der Waals surface area contributed by atoms with E-state index in [1.165, 1.54) is 7.11 Å². The summed E-state index contributed by atoms with van der Waals surface area (Å²) in [7, 11) is 1.42. The number of methoxy groups -OCH3 is 1. The molecule has 2 aromatic rings. The molecule has 0 aromatic carbocycles. The van der Waals surface area contributed by atoms with Gasteiger partial charge in [-0.15, -0.1) is 0 Å². The molecule has 1 atom stereocenters. The van der Waals surface area contributed by atoms with Crippen molar-refractivity contribution in [2.24, 2.45) is 5.41 Å². The third-order valence-electron chi connectivity index (χ3n) is 3.60. The predicted octanol–water partition coefficient (Wildman–Crippen LogP) is 2.32. The number of pyridine rings is 1. The minimum atomic E-state index is -0.363. The first-order valence-corrected chi connectivity index (χ1v) is 7.07. The maximum atomic E-state index is 11.9. The van der Waals surface area contributed by atoms with E-state index in [0.717, 1.165) is 16.9 Å². The topological polar surface area (TPSA) is 55.6 Å². The van der Waals surface area contributed by atoms with E-state index >= 15 is 0 Å². The molecule has 2 heterocycles. The maximum Gasteiger partial charge on any atom is 0.323 e. The Balaban J connectivity index is 2.20. The number of nitrogens with zero attached hydrogens (tertiary/aromatic N) is 2. The van der Waals surface area contributed by atoms with Gasteiger partial charge in [0.15, 0.2) is 0 Å². The molecule has 5 heteroatoms. The highest BCUT2D eigenvalue weighted by molar-refractivity contribution is 5.76. The van der Waals surface area contributed by atoms with Crippen LogP contribution in [0.15, 0.2) is 24.5 Å². The average molecular weight is 289 g/mol. The number of aromatic nitrogens is 2. The van der Waals surface area contributed by atoms with Crippen molar-refractivity contribution in [1.82, 2.24) is 14.7 Å². The van der Waals surface area contributed by atoms with Crippen LogP contribution in [0, 0.1) is 12.3 Å². The Kier molecular flexibility index (Phi) is 4.32. The van der Waals surface area contributed by atoms with Crippen molar-refractivity contribution in [2.75, 3.05) is 7.11 Å². The van der Waals surface area contributed by atoms with E-state index < -0.39 is 0 Å². The molecule has 0 saturated heterocycles. The number of carbonyl (C=O) groups is 1. The predicted molar refractivity (Wildman–Crippen MR) is 82.0 cm³/mol. The molecule has 0 amide bonds. The Bertz CT molecular complexity index is 640. The van der Waals surface area contributed by atoms with Gasteiger partial charge in [0.2, 0.25) is 0 Å². The van der Waals surface area contributed by atoms with E-state index in [0.29, 0.717) is 6.54 Å².